The number of hydrogen-bond acceptors (Lipinski definition) is 3. The SMILES string of the molecule is [Ac].[OH-].[OH-].[OH-]. The molecule has 0 unspecified atom stereocenters. The normalized spacial score (nSPS) is 0. The molecule has 0 heterocycles. The van der Waals surface area contributed by atoms with Crippen molar-refractivity contribution in [3.05, 3.63) is 0 Å². The Bertz CT molecular complexity index is 3.25. The van der Waals surface area contributed by atoms with Crippen LogP contribution >= 0.6 is 0 Å². The van der Waals surface area contributed by atoms with Crippen LogP contribution in [-0.4, -0.2) is 16.4 Å². The van der Waals surface area contributed by atoms with Crippen LogP contribution in [0.25, 0.3) is 0 Å². The van der Waals surface area contributed by atoms with Crippen LogP contribution in [0.5, 0.6) is 0 Å². The molecule has 3 N–H and O–H groups in total. The molecule has 3 nitrogen and oxygen atoms in total. The van der Waals surface area contributed by atoms with Crippen LogP contribution in [0, 0.1) is 44.1 Å². The summed E-state index contributed by atoms with van der Waals surface area (Å²) in [5.41, 5.74) is 0. The first kappa shape index (κ1) is 56.9. The van der Waals surface area contributed by atoms with Crippen LogP contribution < -0.4 is 0 Å². The minimum Gasteiger partial charge on any atom is -0.870 e. The molecule has 1 radical (unpaired) electrons. The van der Waals surface area contributed by atoms with Crippen LogP contribution in [0.15, 0.2) is 0 Å². The smallest absolute Gasteiger partial charge is 0 e. The van der Waals surface area contributed by atoms with Gasteiger partial charge >= 0.3 is 0 Å². The summed E-state index contributed by atoms with van der Waals surface area (Å²) < 4.78 is 0. The third-order valence-electron chi connectivity index (χ3n) is 0. The van der Waals surface area contributed by atoms with Crippen LogP contribution in [0.3, 0.4) is 0 Å². The van der Waals surface area contributed by atoms with Crippen LogP contribution in [0.1, 0.15) is 0 Å². The van der Waals surface area contributed by atoms with Crippen LogP contribution in [0.2, 0.25) is 0 Å². The second-order valence-electron chi connectivity index (χ2n) is 0. The summed E-state index contributed by atoms with van der Waals surface area (Å²) in [7, 11) is 0. The summed E-state index contributed by atoms with van der Waals surface area (Å²) in [6.45, 7) is 0. The topological polar surface area (TPSA) is 90.0 Å². The van der Waals surface area contributed by atoms with Crippen molar-refractivity contribution < 1.29 is 60.5 Å². The summed E-state index contributed by atoms with van der Waals surface area (Å²) in [5, 5.41) is 0. The summed E-state index contributed by atoms with van der Waals surface area (Å²) in [6.07, 6.45) is 0. The van der Waals surface area contributed by atoms with Crippen molar-refractivity contribution in [1.82, 2.24) is 0 Å². The zero-order chi connectivity index (χ0) is 0. The first-order chi connectivity index (χ1) is 0. The van der Waals surface area contributed by atoms with Gasteiger partial charge in [0.25, 0.3) is 0 Å². The van der Waals surface area contributed by atoms with Crippen LogP contribution in [-0.2, 0) is 0 Å². The maximum absolute atomic E-state index is 0. The van der Waals surface area contributed by atoms with E-state index in [1.54, 1.807) is 0 Å². The van der Waals surface area contributed by atoms with Crippen molar-refractivity contribution in [2.24, 2.45) is 0 Å². The van der Waals surface area contributed by atoms with E-state index in [0.717, 1.165) is 0 Å². The molecule has 0 aliphatic rings. The second kappa shape index (κ2) is 27.3. The summed E-state index contributed by atoms with van der Waals surface area (Å²) in [5.74, 6) is 0. The predicted molar refractivity (Wildman–Crippen MR) is 5.81 cm³/mol. The molecule has 0 aromatic rings. The Morgan fingerprint density at radius 3 is 0.500 bits per heavy atom. The van der Waals surface area contributed by atoms with Crippen LogP contribution in [0.4, 0.5) is 0 Å². The third kappa shape index (κ3) is 10.3. The molecule has 4 heavy (non-hydrogen) atoms. The van der Waals surface area contributed by atoms with E-state index < -0.39 is 0 Å². The maximum atomic E-state index is 0. The molecule has 0 spiro atoms. The molecule has 0 aliphatic carbocycles. The molecule has 0 atom stereocenters. The summed E-state index contributed by atoms with van der Waals surface area (Å²) in [4.78, 5) is 0. The quantitative estimate of drug-likeness (QED) is 0.596. The van der Waals surface area contributed by atoms with Gasteiger partial charge in [0.15, 0.2) is 0 Å². The second-order valence-corrected chi connectivity index (χ2v) is 0. The molecular formula is H3AcO3-3. The van der Waals surface area contributed by atoms with Gasteiger partial charge in [0.05, 0.1) is 0 Å². The third-order valence-corrected chi connectivity index (χ3v) is 0. The van der Waals surface area contributed by atoms with Crippen molar-refractivity contribution in [1.29, 1.82) is 0 Å². The van der Waals surface area contributed by atoms with Crippen molar-refractivity contribution in [2.75, 3.05) is 0 Å². The summed E-state index contributed by atoms with van der Waals surface area (Å²) in [6, 6.07) is 0. The first-order valence-electron chi connectivity index (χ1n) is 0. The monoisotopic (exact) mass is 278 g/mol. The maximum Gasteiger partial charge on any atom is 0 e. The Kier molecular flexibility index (Phi) is 388. The molecule has 4 heteroatoms. The minimum absolute atomic E-state index is 0. The van der Waals surface area contributed by atoms with Gasteiger partial charge in [0.1, 0.15) is 0 Å². The molecule has 0 aromatic heterocycles. The van der Waals surface area contributed by atoms with Crippen molar-refractivity contribution in [3.8, 4) is 0 Å². The van der Waals surface area contributed by atoms with Gasteiger partial charge in [-0.2, -0.15) is 0 Å². The summed E-state index contributed by atoms with van der Waals surface area (Å²) >= 11 is 0. The standard InChI is InChI=1S/Ac.3H2O/h;3*1H2/p-3. The molecule has 0 bridgehead atoms. The minimum atomic E-state index is 0. The first-order valence-corrected chi connectivity index (χ1v) is 0. The molecule has 27 valence electrons. The molecule has 0 rings (SSSR count). The molecular weight excluding hydrogens is 275 g/mol. The fourth-order valence-corrected chi connectivity index (χ4v) is 0. The average molecular weight is 278 g/mol. The zero-order valence-electron chi connectivity index (χ0n) is 1.92. The van der Waals surface area contributed by atoms with Gasteiger partial charge in [-0.05, 0) is 0 Å². The Balaban J connectivity index is 0. The van der Waals surface area contributed by atoms with Crippen molar-refractivity contribution in [2.45, 2.75) is 0 Å². The molecule has 0 aliphatic heterocycles. The molecule has 0 amide bonds. The van der Waals surface area contributed by atoms with Gasteiger partial charge in [-0.1, -0.05) is 0 Å². The Morgan fingerprint density at radius 1 is 0.500 bits per heavy atom. The van der Waals surface area contributed by atoms with Gasteiger partial charge in [-0.3, -0.25) is 0 Å². The van der Waals surface area contributed by atoms with E-state index in [0.29, 0.717) is 0 Å². The van der Waals surface area contributed by atoms with Gasteiger partial charge in [0.2, 0.25) is 0 Å². The average Bonchev–Trinajstić information content (AvgIpc) is 0. The van der Waals surface area contributed by atoms with Crippen molar-refractivity contribution >= 4 is 0 Å². The predicted octanol–water partition coefficient (Wildman–Crippen LogP) is -0.530. The zero-order valence-corrected chi connectivity index (χ0v) is 6.66. The molecule has 0 saturated carbocycles. The van der Waals surface area contributed by atoms with Gasteiger partial charge in [0, 0.05) is 44.1 Å². The fourth-order valence-electron chi connectivity index (χ4n) is 0. The van der Waals surface area contributed by atoms with E-state index >= 15 is 0 Å². The van der Waals surface area contributed by atoms with Gasteiger partial charge in [-0.25, -0.2) is 0 Å². The van der Waals surface area contributed by atoms with Crippen molar-refractivity contribution in [3.63, 3.8) is 0 Å². The van der Waals surface area contributed by atoms with E-state index in [-0.39, 0.29) is 60.5 Å². The number of hydrogen-bond donors (Lipinski definition) is 0. The van der Waals surface area contributed by atoms with E-state index in [2.05, 4.69) is 0 Å². The molecule has 0 fully saturated rings. The fraction of sp³-hybridized carbons (Fsp3) is 0. The Hall–Kier alpha value is 1.32. The van der Waals surface area contributed by atoms with Gasteiger partial charge < -0.3 is 16.4 Å². The van der Waals surface area contributed by atoms with E-state index in [1.165, 1.54) is 0 Å². The van der Waals surface area contributed by atoms with Gasteiger partial charge in [-0.15, -0.1) is 0 Å². The largest absolute Gasteiger partial charge is 0.870 e. The molecule has 0 aromatic carbocycles. The number of rotatable bonds is 0. The van der Waals surface area contributed by atoms with E-state index in [4.69, 9.17) is 0 Å². The Morgan fingerprint density at radius 2 is 0.500 bits per heavy atom. The van der Waals surface area contributed by atoms with E-state index in [9.17, 15) is 0 Å². The molecule has 0 saturated heterocycles. The van der Waals surface area contributed by atoms with E-state index in [1.807, 2.05) is 0 Å². The Labute approximate surface area is 59.9 Å².